The van der Waals surface area contributed by atoms with Gasteiger partial charge in [-0.1, -0.05) is 18.2 Å². The van der Waals surface area contributed by atoms with Gasteiger partial charge in [0, 0.05) is 44.5 Å². The highest BCUT2D eigenvalue weighted by molar-refractivity contribution is 5.46. The standard InChI is InChI=1S/C19H29N3O/c1-2-4-17(5-3-1)21-11-13-22(14-12-21)18-6-15-23-19(16-18)7-9-20-10-8-19/h1-5,18,20H,6-16H2. The first kappa shape index (κ1) is 15.4. The van der Waals surface area contributed by atoms with Crippen LogP contribution in [0.25, 0.3) is 0 Å². The number of hydrogen-bond acceptors (Lipinski definition) is 4. The molecule has 3 aliphatic rings. The third-order valence-corrected chi connectivity index (χ3v) is 5.93. The summed E-state index contributed by atoms with van der Waals surface area (Å²) in [5.74, 6) is 0. The predicted molar refractivity (Wildman–Crippen MR) is 94.0 cm³/mol. The van der Waals surface area contributed by atoms with Crippen molar-refractivity contribution in [3.8, 4) is 0 Å². The highest BCUT2D eigenvalue weighted by Crippen LogP contribution is 2.35. The van der Waals surface area contributed by atoms with Gasteiger partial charge in [-0.05, 0) is 50.9 Å². The normalized spacial score (nSPS) is 28.9. The minimum absolute atomic E-state index is 0.171. The van der Waals surface area contributed by atoms with E-state index in [1.165, 1.54) is 44.5 Å². The van der Waals surface area contributed by atoms with E-state index >= 15 is 0 Å². The highest BCUT2D eigenvalue weighted by Gasteiger charge is 2.40. The summed E-state index contributed by atoms with van der Waals surface area (Å²) >= 11 is 0. The van der Waals surface area contributed by atoms with E-state index in [1.54, 1.807) is 0 Å². The zero-order valence-electron chi connectivity index (χ0n) is 14.0. The molecule has 3 fully saturated rings. The van der Waals surface area contributed by atoms with Crippen LogP contribution in [-0.2, 0) is 4.74 Å². The molecule has 4 heteroatoms. The number of benzene rings is 1. The van der Waals surface area contributed by atoms with E-state index in [0.29, 0.717) is 0 Å². The second kappa shape index (κ2) is 6.80. The molecule has 1 atom stereocenters. The van der Waals surface area contributed by atoms with E-state index in [2.05, 4.69) is 45.4 Å². The molecule has 0 saturated carbocycles. The maximum absolute atomic E-state index is 6.24. The summed E-state index contributed by atoms with van der Waals surface area (Å²) in [6.45, 7) is 7.86. The van der Waals surface area contributed by atoms with Crippen LogP contribution in [0.1, 0.15) is 25.7 Å². The lowest BCUT2D eigenvalue weighted by atomic mass is 9.82. The molecule has 0 aliphatic carbocycles. The third-order valence-electron chi connectivity index (χ3n) is 5.93. The van der Waals surface area contributed by atoms with E-state index in [4.69, 9.17) is 4.74 Å². The fourth-order valence-corrected chi connectivity index (χ4v) is 4.53. The van der Waals surface area contributed by atoms with Gasteiger partial charge in [0.25, 0.3) is 0 Å². The number of anilines is 1. The number of ether oxygens (including phenoxy) is 1. The van der Waals surface area contributed by atoms with Gasteiger partial charge in [0.2, 0.25) is 0 Å². The number of piperidine rings is 1. The fraction of sp³-hybridized carbons (Fsp3) is 0.684. The molecule has 23 heavy (non-hydrogen) atoms. The van der Waals surface area contributed by atoms with Gasteiger partial charge in [-0.2, -0.15) is 0 Å². The molecule has 3 heterocycles. The lowest BCUT2D eigenvalue weighted by Gasteiger charge is -2.48. The summed E-state index contributed by atoms with van der Waals surface area (Å²) in [5.41, 5.74) is 1.54. The summed E-state index contributed by atoms with van der Waals surface area (Å²) in [6, 6.07) is 11.6. The minimum atomic E-state index is 0.171. The smallest absolute Gasteiger partial charge is 0.0721 e. The van der Waals surface area contributed by atoms with Crippen molar-refractivity contribution >= 4 is 5.69 Å². The van der Waals surface area contributed by atoms with E-state index < -0.39 is 0 Å². The van der Waals surface area contributed by atoms with E-state index in [-0.39, 0.29) is 5.60 Å². The summed E-state index contributed by atoms with van der Waals surface area (Å²) in [5, 5.41) is 3.47. The SMILES string of the molecule is c1ccc(N2CCN(C3CCOC4(CCNCC4)C3)CC2)cc1. The Balaban J connectivity index is 1.35. The molecule has 1 N–H and O–H groups in total. The number of nitrogens with one attached hydrogen (secondary N) is 1. The van der Waals surface area contributed by atoms with Crippen LogP contribution < -0.4 is 10.2 Å². The van der Waals surface area contributed by atoms with Crippen molar-refractivity contribution in [1.82, 2.24) is 10.2 Å². The highest BCUT2D eigenvalue weighted by atomic mass is 16.5. The molecule has 1 aromatic carbocycles. The van der Waals surface area contributed by atoms with Crippen LogP contribution in [0.2, 0.25) is 0 Å². The van der Waals surface area contributed by atoms with Gasteiger partial charge in [0.05, 0.1) is 5.60 Å². The maximum atomic E-state index is 6.24. The van der Waals surface area contributed by atoms with Crippen LogP contribution in [0.4, 0.5) is 5.69 Å². The lowest BCUT2D eigenvalue weighted by molar-refractivity contribution is -0.121. The molecule has 1 aromatic rings. The second-order valence-corrected chi connectivity index (χ2v) is 7.29. The van der Waals surface area contributed by atoms with Crippen molar-refractivity contribution in [2.45, 2.75) is 37.3 Å². The molecule has 0 amide bonds. The van der Waals surface area contributed by atoms with Crippen LogP contribution in [0.5, 0.6) is 0 Å². The summed E-state index contributed by atoms with van der Waals surface area (Å²) < 4.78 is 6.24. The van der Waals surface area contributed by atoms with Gasteiger partial charge in [0.1, 0.15) is 0 Å². The Morgan fingerprint density at radius 3 is 2.48 bits per heavy atom. The first-order valence-electron chi connectivity index (χ1n) is 9.23. The average molecular weight is 315 g/mol. The molecule has 3 saturated heterocycles. The Bertz CT molecular complexity index is 487. The first-order valence-corrected chi connectivity index (χ1v) is 9.23. The molecular weight excluding hydrogens is 286 g/mol. The van der Waals surface area contributed by atoms with Gasteiger partial charge in [0.15, 0.2) is 0 Å². The minimum Gasteiger partial charge on any atom is -0.375 e. The maximum Gasteiger partial charge on any atom is 0.0721 e. The summed E-state index contributed by atoms with van der Waals surface area (Å²) in [6.07, 6.45) is 4.82. The van der Waals surface area contributed by atoms with E-state index in [0.717, 1.165) is 38.8 Å². The molecule has 126 valence electrons. The average Bonchev–Trinajstić information content (AvgIpc) is 2.63. The van der Waals surface area contributed by atoms with Crippen molar-refractivity contribution in [2.75, 3.05) is 50.8 Å². The predicted octanol–water partition coefficient (Wildman–Crippen LogP) is 2.11. The Labute approximate surface area is 139 Å². The molecule has 1 unspecified atom stereocenters. The lowest BCUT2D eigenvalue weighted by Crippen LogP contribution is -2.56. The van der Waals surface area contributed by atoms with Crippen molar-refractivity contribution in [2.24, 2.45) is 0 Å². The van der Waals surface area contributed by atoms with Crippen LogP contribution in [-0.4, -0.2) is 62.4 Å². The number of nitrogens with zero attached hydrogens (tertiary/aromatic N) is 2. The van der Waals surface area contributed by atoms with Gasteiger partial charge >= 0.3 is 0 Å². The van der Waals surface area contributed by atoms with Gasteiger partial charge in [-0.15, -0.1) is 0 Å². The number of rotatable bonds is 2. The van der Waals surface area contributed by atoms with Gasteiger partial charge < -0.3 is 15.0 Å². The molecule has 0 aromatic heterocycles. The topological polar surface area (TPSA) is 27.7 Å². The van der Waals surface area contributed by atoms with E-state index in [1.807, 2.05) is 0 Å². The van der Waals surface area contributed by atoms with Crippen LogP contribution in [0.3, 0.4) is 0 Å². The summed E-state index contributed by atoms with van der Waals surface area (Å²) in [4.78, 5) is 5.25. The van der Waals surface area contributed by atoms with Crippen LogP contribution in [0.15, 0.2) is 30.3 Å². The van der Waals surface area contributed by atoms with Crippen molar-refractivity contribution in [3.05, 3.63) is 30.3 Å². The van der Waals surface area contributed by atoms with Crippen molar-refractivity contribution in [3.63, 3.8) is 0 Å². The Morgan fingerprint density at radius 2 is 1.74 bits per heavy atom. The molecule has 4 rings (SSSR count). The zero-order chi connectivity index (χ0) is 15.5. The van der Waals surface area contributed by atoms with Crippen molar-refractivity contribution in [1.29, 1.82) is 0 Å². The number of para-hydroxylation sites is 1. The number of hydrogen-bond donors (Lipinski definition) is 1. The number of piperazine rings is 1. The van der Waals surface area contributed by atoms with Crippen molar-refractivity contribution < 1.29 is 4.74 Å². The Kier molecular flexibility index (Phi) is 4.56. The molecule has 1 spiro atoms. The zero-order valence-corrected chi connectivity index (χ0v) is 14.0. The van der Waals surface area contributed by atoms with Crippen LogP contribution >= 0.6 is 0 Å². The first-order chi connectivity index (χ1) is 11.3. The fourth-order valence-electron chi connectivity index (χ4n) is 4.53. The quantitative estimate of drug-likeness (QED) is 0.905. The third kappa shape index (κ3) is 3.39. The molecule has 4 nitrogen and oxygen atoms in total. The second-order valence-electron chi connectivity index (χ2n) is 7.29. The van der Waals surface area contributed by atoms with Gasteiger partial charge in [-0.3, -0.25) is 4.90 Å². The van der Waals surface area contributed by atoms with Gasteiger partial charge in [-0.25, -0.2) is 0 Å². The Hall–Kier alpha value is -1.10. The molecule has 3 aliphatic heterocycles. The summed E-state index contributed by atoms with van der Waals surface area (Å²) in [7, 11) is 0. The van der Waals surface area contributed by atoms with E-state index in [9.17, 15) is 0 Å². The molecular formula is C19H29N3O. The molecule has 0 bridgehead atoms. The Morgan fingerprint density at radius 1 is 1.00 bits per heavy atom. The monoisotopic (exact) mass is 315 g/mol. The molecule has 0 radical (unpaired) electrons. The van der Waals surface area contributed by atoms with Crippen LogP contribution in [0, 0.1) is 0 Å². The largest absolute Gasteiger partial charge is 0.375 e.